The van der Waals surface area contributed by atoms with Gasteiger partial charge in [-0.3, -0.25) is 14.9 Å². The number of hydrogen-bond acceptors (Lipinski definition) is 4. The van der Waals surface area contributed by atoms with Gasteiger partial charge in [0.2, 0.25) is 0 Å². The molecule has 0 saturated carbocycles. The van der Waals surface area contributed by atoms with Crippen molar-refractivity contribution in [2.75, 3.05) is 0 Å². The van der Waals surface area contributed by atoms with Crippen molar-refractivity contribution in [1.82, 2.24) is 5.43 Å². The quantitative estimate of drug-likeness (QED) is 0.532. The fraction of sp³-hybridized carbons (Fsp3) is 0.0667. The van der Waals surface area contributed by atoms with E-state index in [1.54, 1.807) is 24.3 Å². The van der Waals surface area contributed by atoms with E-state index in [2.05, 4.69) is 10.5 Å². The van der Waals surface area contributed by atoms with Gasteiger partial charge in [-0.1, -0.05) is 30.3 Å². The van der Waals surface area contributed by atoms with Gasteiger partial charge < -0.3 is 0 Å². The number of nitrogens with zero attached hydrogens (tertiary/aromatic N) is 2. The molecule has 106 valence electrons. The van der Waals surface area contributed by atoms with Gasteiger partial charge in [-0.15, -0.1) is 0 Å². The molecule has 0 aliphatic rings. The van der Waals surface area contributed by atoms with Gasteiger partial charge >= 0.3 is 0 Å². The number of hydrazone groups is 1. The molecule has 0 aliphatic heterocycles. The van der Waals surface area contributed by atoms with E-state index in [9.17, 15) is 14.9 Å². The second-order valence-electron chi connectivity index (χ2n) is 4.37. The monoisotopic (exact) mass is 283 g/mol. The maximum absolute atomic E-state index is 11.9. The normalized spacial score (nSPS) is 10.5. The van der Waals surface area contributed by atoms with Crippen molar-refractivity contribution in [3.05, 3.63) is 75.3 Å². The Morgan fingerprint density at radius 1 is 1.24 bits per heavy atom. The van der Waals surface area contributed by atoms with Crippen LogP contribution < -0.4 is 5.43 Å². The van der Waals surface area contributed by atoms with E-state index in [4.69, 9.17) is 0 Å². The molecule has 0 heterocycles. The summed E-state index contributed by atoms with van der Waals surface area (Å²) in [5, 5.41) is 14.5. The zero-order valence-corrected chi connectivity index (χ0v) is 11.3. The predicted octanol–water partition coefficient (Wildman–Crippen LogP) is 2.67. The fourth-order valence-corrected chi connectivity index (χ4v) is 1.77. The van der Waals surface area contributed by atoms with Crippen LogP contribution in [0, 0.1) is 17.0 Å². The van der Waals surface area contributed by atoms with Crippen LogP contribution >= 0.6 is 0 Å². The summed E-state index contributed by atoms with van der Waals surface area (Å²) >= 11 is 0. The number of non-ortho nitro benzene ring substituents is 1. The van der Waals surface area contributed by atoms with Crippen LogP contribution in [0.25, 0.3) is 0 Å². The molecule has 2 aromatic carbocycles. The lowest BCUT2D eigenvalue weighted by molar-refractivity contribution is -0.384. The highest BCUT2D eigenvalue weighted by Gasteiger charge is 2.07. The van der Waals surface area contributed by atoms with E-state index in [1.165, 1.54) is 18.3 Å². The number of hydrogen-bond donors (Lipinski definition) is 1. The summed E-state index contributed by atoms with van der Waals surface area (Å²) in [6.07, 6.45) is 1.36. The smallest absolute Gasteiger partial charge is 0.267 e. The van der Waals surface area contributed by atoms with Crippen LogP contribution in [-0.4, -0.2) is 17.0 Å². The van der Waals surface area contributed by atoms with E-state index in [0.29, 0.717) is 11.1 Å². The number of carbonyl (C=O) groups excluding carboxylic acids is 1. The van der Waals surface area contributed by atoms with Gasteiger partial charge in [0.15, 0.2) is 0 Å². The SMILES string of the molecule is Cc1ccccc1C(=O)NN=Cc1cccc([N+](=O)[O-])c1. The molecule has 1 amide bonds. The first-order valence-electron chi connectivity index (χ1n) is 6.21. The third kappa shape index (κ3) is 3.73. The first-order valence-corrected chi connectivity index (χ1v) is 6.21. The number of carbonyl (C=O) groups is 1. The molecule has 0 unspecified atom stereocenters. The van der Waals surface area contributed by atoms with Crippen molar-refractivity contribution in [3.63, 3.8) is 0 Å². The Labute approximate surface area is 121 Å². The minimum absolute atomic E-state index is 0.0239. The zero-order valence-electron chi connectivity index (χ0n) is 11.3. The molecular formula is C15H13N3O3. The molecule has 2 rings (SSSR count). The summed E-state index contributed by atoms with van der Waals surface area (Å²) in [4.78, 5) is 22.1. The number of nitro groups is 1. The van der Waals surface area contributed by atoms with E-state index >= 15 is 0 Å². The number of rotatable bonds is 4. The first-order chi connectivity index (χ1) is 10.1. The Kier molecular flexibility index (Phi) is 4.40. The van der Waals surface area contributed by atoms with Crippen LogP contribution in [0.5, 0.6) is 0 Å². The zero-order chi connectivity index (χ0) is 15.2. The van der Waals surface area contributed by atoms with Crippen molar-refractivity contribution < 1.29 is 9.72 Å². The van der Waals surface area contributed by atoms with Crippen LogP contribution in [0.1, 0.15) is 21.5 Å². The molecule has 0 spiro atoms. The summed E-state index contributed by atoms with van der Waals surface area (Å²) in [6, 6.07) is 13.1. The average Bonchev–Trinajstić information content (AvgIpc) is 2.48. The Morgan fingerprint density at radius 2 is 2.00 bits per heavy atom. The summed E-state index contributed by atoms with van der Waals surface area (Å²) in [6.45, 7) is 1.83. The molecule has 6 nitrogen and oxygen atoms in total. The predicted molar refractivity (Wildman–Crippen MR) is 79.3 cm³/mol. The van der Waals surface area contributed by atoms with Crippen molar-refractivity contribution in [2.45, 2.75) is 6.92 Å². The van der Waals surface area contributed by atoms with Gasteiger partial charge in [0.25, 0.3) is 11.6 Å². The average molecular weight is 283 g/mol. The van der Waals surface area contributed by atoms with Crippen LogP contribution in [0.3, 0.4) is 0 Å². The molecule has 6 heteroatoms. The maximum Gasteiger partial charge on any atom is 0.271 e. The van der Waals surface area contributed by atoms with Crippen molar-refractivity contribution in [1.29, 1.82) is 0 Å². The van der Waals surface area contributed by atoms with E-state index in [-0.39, 0.29) is 11.6 Å². The van der Waals surface area contributed by atoms with Crippen molar-refractivity contribution in [3.8, 4) is 0 Å². The second-order valence-corrected chi connectivity index (χ2v) is 4.37. The largest absolute Gasteiger partial charge is 0.271 e. The minimum Gasteiger partial charge on any atom is -0.267 e. The highest BCUT2D eigenvalue weighted by atomic mass is 16.6. The molecule has 0 fully saturated rings. The summed E-state index contributed by atoms with van der Waals surface area (Å²) in [7, 11) is 0. The van der Waals surface area contributed by atoms with Crippen LogP contribution in [0.15, 0.2) is 53.6 Å². The molecule has 1 N–H and O–H groups in total. The van der Waals surface area contributed by atoms with Gasteiger partial charge in [-0.05, 0) is 18.6 Å². The summed E-state index contributed by atoms with van der Waals surface area (Å²) in [5.74, 6) is -0.324. The van der Waals surface area contributed by atoms with E-state index in [1.807, 2.05) is 19.1 Å². The Balaban J connectivity index is 2.06. The molecule has 0 aliphatic carbocycles. The number of nitrogens with one attached hydrogen (secondary N) is 1. The molecule has 0 aromatic heterocycles. The number of benzene rings is 2. The molecule has 0 bridgehead atoms. The maximum atomic E-state index is 11.9. The van der Waals surface area contributed by atoms with Crippen LogP contribution in [0.4, 0.5) is 5.69 Å². The first kappa shape index (κ1) is 14.4. The Bertz CT molecular complexity index is 711. The van der Waals surface area contributed by atoms with E-state index in [0.717, 1.165) is 5.56 Å². The molecule has 2 aromatic rings. The lowest BCUT2D eigenvalue weighted by Gasteiger charge is -2.02. The van der Waals surface area contributed by atoms with E-state index < -0.39 is 4.92 Å². The topological polar surface area (TPSA) is 84.6 Å². The molecule has 0 atom stereocenters. The summed E-state index contributed by atoms with van der Waals surface area (Å²) in [5.41, 5.74) is 4.29. The lowest BCUT2D eigenvalue weighted by atomic mass is 10.1. The van der Waals surface area contributed by atoms with Crippen molar-refractivity contribution in [2.24, 2.45) is 5.10 Å². The van der Waals surface area contributed by atoms with Gasteiger partial charge in [0.05, 0.1) is 11.1 Å². The number of amides is 1. The molecule has 0 radical (unpaired) electrons. The third-order valence-corrected chi connectivity index (χ3v) is 2.85. The standard InChI is InChI=1S/C15H13N3O3/c1-11-5-2-3-8-14(11)15(19)17-16-10-12-6-4-7-13(9-12)18(20)21/h2-10H,1H3,(H,17,19). The van der Waals surface area contributed by atoms with Gasteiger partial charge in [0, 0.05) is 23.3 Å². The van der Waals surface area contributed by atoms with Crippen LogP contribution in [-0.2, 0) is 0 Å². The van der Waals surface area contributed by atoms with Crippen LogP contribution in [0.2, 0.25) is 0 Å². The Morgan fingerprint density at radius 3 is 2.71 bits per heavy atom. The lowest BCUT2D eigenvalue weighted by Crippen LogP contribution is -2.18. The van der Waals surface area contributed by atoms with Gasteiger partial charge in [0.1, 0.15) is 0 Å². The Hall–Kier alpha value is -3.02. The summed E-state index contributed by atoms with van der Waals surface area (Å²) < 4.78 is 0. The molecule has 0 saturated heterocycles. The fourth-order valence-electron chi connectivity index (χ4n) is 1.77. The van der Waals surface area contributed by atoms with Crippen molar-refractivity contribution >= 4 is 17.8 Å². The minimum atomic E-state index is -0.483. The number of nitro benzene ring substituents is 1. The highest BCUT2D eigenvalue weighted by molar-refractivity contribution is 5.96. The van der Waals surface area contributed by atoms with Gasteiger partial charge in [-0.2, -0.15) is 5.10 Å². The highest BCUT2D eigenvalue weighted by Crippen LogP contribution is 2.11. The number of aryl methyl sites for hydroxylation is 1. The third-order valence-electron chi connectivity index (χ3n) is 2.85. The molecular weight excluding hydrogens is 270 g/mol. The molecule has 21 heavy (non-hydrogen) atoms. The van der Waals surface area contributed by atoms with Gasteiger partial charge in [-0.25, -0.2) is 5.43 Å². The second kappa shape index (κ2) is 6.42.